The van der Waals surface area contributed by atoms with Crippen molar-refractivity contribution in [2.75, 3.05) is 0 Å². The molecule has 0 aliphatic carbocycles. The van der Waals surface area contributed by atoms with E-state index in [0.29, 0.717) is 33.2 Å². The number of hydrogen-bond donors (Lipinski definition) is 0. The third kappa shape index (κ3) is 6.17. The minimum atomic E-state index is -1.71. The van der Waals surface area contributed by atoms with Gasteiger partial charge in [-0.3, -0.25) is 0 Å². The topological polar surface area (TPSA) is 0 Å². The quantitative estimate of drug-likeness (QED) is 0.258. The van der Waals surface area contributed by atoms with Gasteiger partial charge in [0.1, 0.15) is 16.1 Å². The van der Waals surface area contributed by atoms with Gasteiger partial charge in [0, 0.05) is 11.1 Å². The van der Waals surface area contributed by atoms with Gasteiger partial charge >= 0.3 is 0 Å². The van der Waals surface area contributed by atoms with Crippen LogP contribution in [0.25, 0.3) is 0 Å². The van der Waals surface area contributed by atoms with Gasteiger partial charge in [-0.15, -0.1) is 11.1 Å². The van der Waals surface area contributed by atoms with Crippen LogP contribution in [0.2, 0.25) is 33.2 Å². The molecule has 0 amide bonds. The highest BCUT2D eigenvalue weighted by Gasteiger charge is 2.42. The van der Waals surface area contributed by atoms with Crippen LogP contribution in [-0.4, -0.2) is 16.1 Å². The zero-order valence-electron chi connectivity index (χ0n) is 22.9. The maximum atomic E-state index is 3.94. The fourth-order valence-corrected chi connectivity index (χ4v) is 16.5. The first kappa shape index (κ1) is 29.3. The smallest absolute Gasteiger partial charge is 0.125 e. The molecule has 0 saturated heterocycles. The van der Waals surface area contributed by atoms with Crippen molar-refractivity contribution in [2.24, 2.45) is 0 Å². The van der Waals surface area contributed by atoms with Crippen molar-refractivity contribution in [1.82, 2.24) is 0 Å². The molecule has 0 aromatic carbocycles. The summed E-state index contributed by atoms with van der Waals surface area (Å²) >= 11 is 0. The molecule has 2 heteroatoms. The van der Waals surface area contributed by atoms with E-state index in [4.69, 9.17) is 0 Å². The first-order valence-electron chi connectivity index (χ1n) is 12.5. The Kier molecular flexibility index (Phi) is 12.1. The fraction of sp³-hybridized carbons (Fsp3) is 0.786. The Balaban J connectivity index is 6.68. The van der Waals surface area contributed by atoms with E-state index in [-0.39, 0.29) is 0 Å². The molecule has 0 aromatic rings. The monoisotopic (exact) mass is 444 g/mol. The Bertz CT molecular complexity index is 578. The zero-order valence-corrected chi connectivity index (χ0v) is 24.9. The van der Waals surface area contributed by atoms with Gasteiger partial charge in [-0.25, -0.2) is 0 Å². The molecule has 30 heavy (non-hydrogen) atoms. The summed E-state index contributed by atoms with van der Waals surface area (Å²) < 4.78 is 0. The first-order valence-corrected chi connectivity index (χ1v) is 17.0. The van der Waals surface area contributed by atoms with Crippen LogP contribution in [0.15, 0.2) is 11.1 Å². The molecule has 0 N–H and O–H groups in total. The van der Waals surface area contributed by atoms with Gasteiger partial charge in [0.2, 0.25) is 0 Å². The number of allylic oxidation sites excluding steroid dienone is 2. The van der Waals surface area contributed by atoms with Crippen LogP contribution in [-0.2, 0) is 0 Å². The normalized spacial score (nSPS) is 13.7. The van der Waals surface area contributed by atoms with E-state index in [1.807, 2.05) is 0 Å². The van der Waals surface area contributed by atoms with Crippen LogP contribution in [0, 0.1) is 22.9 Å². The van der Waals surface area contributed by atoms with Crippen LogP contribution in [0.3, 0.4) is 0 Å². The van der Waals surface area contributed by atoms with Gasteiger partial charge in [-0.05, 0) is 46.1 Å². The Morgan fingerprint density at radius 1 is 0.467 bits per heavy atom. The first-order chi connectivity index (χ1) is 13.7. The van der Waals surface area contributed by atoms with Crippen molar-refractivity contribution in [3.8, 4) is 22.9 Å². The van der Waals surface area contributed by atoms with E-state index in [0.717, 1.165) is 12.8 Å². The average Bonchev–Trinajstić information content (AvgIpc) is 2.61. The summed E-state index contributed by atoms with van der Waals surface area (Å²) in [4.78, 5) is 0. The second-order valence-corrected chi connectivity index (χ2v) is 22.1. The van der Waals surface area contributed by atoms with Crippen molar-refractivity contribution >= 4 is 16.1 Å². The number of rotatable bonds is 8. The standard InChI is InChI=1S/C28H52Si2/c1-15-27(17-19-29(21(3)4,22(5)6)23(7)8)28(16-2)18-20-30(24(9)10,25(11)12)26(13)14/h21-26H,15-16H2,1-14H3/b28-27+. The average molecular weight is 445 g/mol. The fourth-order valence-electron chi connectivity index (χ4n) is 5.99. The second kappa shape index (κ2) is 12.4. The molecule has 0 aromatic heterocycles. The van der Waals surface area contributed by atoms with Crippen LogP contribution in [0.4, 0.5) is 0 Å². The summed E-state index contributed by atoms with van der Waals surface area (Å²) in [5.74, 6) is 7.47. The van der Waals surface area contributed by atoms with E-state index < -0.39 is 16.1 Å². The van der Waals surface area contributed by atoms with E-state index >= 15 is 0 Å². The third-order valence-corrected chi connectivity index (χ3v) is 20.2. The minimum Gasteiger partial charge on any atom is -0.125 e. The molecule has 0 fully saturated rings. The largest absolute Gasteiger partial charge is 0.146 e. The van der Waals surface area contributed by atoms with Crippen LogP contribution in [0.1, 0.15) is 110 Å². The maximum Gasteiger partial charge on any atom is 0.146 e. The van der Waals surface area contributed by atoms with Gasteiger partial charge in [0.05, 0.1) is 0 Å². The predicted octanol–water partition coefficient (Wildman–Crippen LogP) is 9.55. The van der Waals surface area contributed by atoms with E-state index in [1.54, 1.807) is 0 Å². The predicted molar refractivity (Wildman–Crippen MR) is 145 cm³/mol. The molecule has 0 saturated carbocycles. The SMILES string of the molecule is CC/C(C#C[Si](C(C)C)(C(C)C)C(C)C)=C(\C#C[Si](C(C)C)(C(C)C)C(C)C)CC. The second-order valence-electron chi connectivity index (χ2n) is 11.0. The summed E-state index contributed by atoms with van der Waals surface area (Å²) in [6, 6.07) is 0. The molecular weight excluding hydrogens is 392 g/mol. The third-order valence-electron chi connectivity index (χ3n) is 7.66. The summed E-state index contributed by atoms with van der Waals surface area (Å²) in [5, 5.41) is 0. The minimum absolute atomic E-state index is 0.669. The Morgan fingerprint density at radius 3 is 0.800 bits per heavy atom. The van der Waals surface area contributed by atoms with Crippen molar-refractivity contribution in [3.63, 3.8) is 0 Å². The lowest BCUT2D eigenvalue weighted by Crippen LogP contribution is -2.43. The molecule has 0 radical (unpaired) electrons. The molecule has 0 unspecified atom stereocenters. The Labute approximate surface area is 193 Å². The Hall–Kier alpha value is -0.706. The Morgan fingerprint density at radius 2 is 0.667 bits per heavy atom. The summed E-state index contributed by atoms with van der Waals surface area (Å²) in [5.41, 5.74) is 14.5. The molecule has 0 atom stereocenters. The highest BCUT2D eigenvalue weighted by atomic mass is 28.3. The maximum absolute atomic E-state index is 3.94. The molecular formula is C28H52Si2. The molecule has 172 valence electrons. The molecule has 0 nitrogen and oxygen atoms in total. The summed E-state index contributed by atoms with van der Waals surface area (Å²) in [6.45, 7) is 33.2. The van der Waals surface area contributed by atoms with Gasteiger partial charge in [0.15, 0.2) is 0 Å². The van der Waals surface area contributed by atoms with Crippen LogP contribution >= 0.6 is 0 Å². The van der Waals surface area contributed by atoms with E-state index in [2.05, 4.69) is 120 Å². The zero-order chi connectivity index (χ0) is 23.9. The number of hydrogen-bond acceptors (Lipinski definition) is 0. The van der Waals surface area contributed by atoms with Gasteiger partial charge < -0.3 is 0 Å². The van der Waals surface area contributed by atoms with E-state index in [1.165, 1.54) is 11.1 Å². The lowest BCUT2D eigenvalue weighted by atomic mass is 10.1. The summed E-state index contributed by atoms with van der Waals surface area (Å²) in [6.07, 6.45) is 1.98. The van der Waals surface area contributed by atoms with Gasteiger partial charge in [-0.1, -0.05) is 109 Å². The lowest BCUT2D eigenvalue weighted by Gasteiger charge is -2.38. The highest BCUT2D eigenvalue weighted by Crippen LogP contribution is 2.42. The van der Waals surface area contributed by atoms with E-state index in [9.17, 15) is 0 Å². The summed E-state index contributed by atoms with van der Waals surface area (Å²) in [7, 11) is -3.43. The molecule has 0 heterocycles. The lowest BCUT2D eigenvalue weighted by molar-refractivity contribution is 0.838. The molecule has 0 aliphatic heterocycles. The van der Waals surface area contributed by atoms with Crippen molar-refractivity contribution in [2.45, 2.75) is 143 Å². The van der Waals surface area contributed by atoms with Crippen LogP contribution < -0.4 is 0 Å². The van der Waals surface area contributed by atoms with Crippen molar-refractivity contribution in [1.29, 1.82) is 0 Å². The van der Waals surface area contributed by atoms with Crippen LogP contribution in [0.5, 0.6) is 0 Å². The molecule has 0 rings (SSSR count). The van der Waals surface area contributed by atoms with Crippen molar-refractivity contribution in [3.05, 3.63) is 11.1 Å². The molecule has 0 aliphatic rings. The molecule has 0 spiro atoms. The highest BCUT2D eigenvalue weighted by molar-refractivity contribution is 6.91. The molecule has 0 bridgehead atoms. The van der Waals surface area contributed by atoms with Crippen molar-refractivity contribution < 1.29 is 0 Å². The van der Waals surface area contributed by atoms with Gasteiger partial charge in [0.25, 0.3) is 0 Å². The van der Waals surface area contributed by atoms with Gasteiger partial charge in [-0.2, -0.15) is 0 Å².